The van der Waals surface area contributed by atoms with Gasteiger partial charge in [-0.1, -0.05) is 24.2 Å². The van der Waals surface area contributed by atoms with E-state index < -0.39 is 21.6 Å². The van der Waals surface area contributed by atoms with Gasteiger partial charge < -0.3 is 9.40 Å². The van der Waals surface area contributed by atoms with Gasteiger partial charge in [0.2, 0.25) is 0 Å². The number of aryl methyl sites for hydroxylation is 1. The van der Waals surface area contributed by atoms with Crippen LogP contribution in [0.25, 0.3) is 33.6 Å². The molecule has 8 nitrogen and oxygen atoms in total. The summed E-state index contributed by atoms with van der Waals surface area (Å²) in [6.45, 7) is 1.50. The second-order valence-corrected chi connectivity index (χ2v) is 10.6. The molecule has 0 spiro atoms. The molecule has 1 aromatic carbocycles. The zero-order chi connectivity index (χ0) is 25.4. The molecule has 0 N–H and O–H groups in total. The highest BCUT2D eigenvalue weighted by atomic mass is 32.2. The van der Waals surface area contributed by atoms with Crippen molar-refractivity contribution >= 4 is 49.9 Å². The number of sulfone groups is 1. The molecule has 0 radical (unpaired) electrons. The van der Waals surface area contributed by atoms with Crippen LogP contribution < -0.4 is 0 Å². The number of benzene rings is 1. The van der Waals surface area contributed by atoms with Crippen molar-refractivity contribution in [3.8, 4) is 11.5 Å². The van der Waals surface area contributed by atoms with E-state index in [2.05, 4.69) is 20.1 Å². The van der Waals surface area contributed by atoms with Crippen LogP contribution in [0.2, 0.25) is 0 Å². The van der Waals surface area contributed by atoms with Crippen LogP contribution in [0, 0.1) is 0 Å². The van der Waals surface area contributed by atoms with Gasteiger partial charge in [-0.25, -0.2) is 23.4 Å². The first-order chi connectivity index (χ1) is 16.5. The number of alkyl halides is 3. The summed E-state index contributed by atoms with van der Waals surface area (Å²) in [6, 6.07) is 7.54. The van der Waals surface area contributed by atoms with E-state index in [1.54, 1.807) is 25.2 Å². The largest absolute Gasteiger partial charge is 0.417 e. The van der Waals surface area contributed by atoms with E-state index in [4.69, 9.17) is 4.84 Å². The minimum atomic E-state index is -4.59. The number of rotatable bonds is 7. The molecule has 0 aliphatic heterocycles. The third-order valence-corrected chi connectivity index (χ3v) is 7.30. The van der Waals surface area contributed by atoms with Crippen molar-refractivity contribution in [1.82, 2.24) is 19.5 Å². The Morgan fingerprint density at radius 2 is 1.94 bits per heavy atom. The molecule has 0 unspecified atom stereocenters. The average Bonchev–Trinajstić information content (AvgIpc) is 3.16. The molecule has 184 valence electrons. The monoisotopic (exact) mass is 523 g/mol. The molecular weight excluding hydrogens is 503 g/mol. The van der Waals surface area contributed by atoms with Gasteiger partial charge in [-0.2, -0.15) is 13.2 Å². The lowest BCUT2D eigenvalue weighted by molar-refractivity contribution is -0.137. The summed E-state index contributed by atoms with van der Waals surface area (Å²) in [5.41, 5.74) is 0.355. The van der Waals surface area contributed by atoms with Crippen molar-refractivity contribution in [2.24, 2.45) is 12.2 Å². The van der Waals surface area contributed by atoms with Gasteiger partial charge in [-0.3, -0.25) is 0 Å². The molecule has 0 aliphatic rings. The van der Waals surface area contributed by atoms with Gasteiger partial charge in [-0.15, -0.1) is 11.8 Å². The van der Waals surface area contributed by atoms with Crippen LogP contribution in [-0.4, -0.2) is 52.1 Å². The fourth-order valence-corrected chi connectivity index (χ4v) is 4.64. The highest BCUT2D eigenvalue weighted by molar-refractivity contribution is 7.98. The topological polar surface area (TPSA) is 99.3 Å². The number of fused-ring (bicyclic) bond motifs is 2. The number of thioether (sulfide) groups is 1. The second-order valence-electron chi connectivity index (χ2n) is 7.52. The van der Waals surface area contributed by atoms with Crippen molar-refractivity contribution in [3.63, 3.8) is 0 Å². The Kier molecular flexibility index (Phi) is 6.73. The van der Waals surface area contributed by atoms with Gasteiger partial charge >= 0.3 is 6.18 Å². The summed E-state index contributed by atoms with van der Waals surface area (Å²) in [4.78, 5) is 17.8. The zero-order valence-corrected chi connectivity index (χ0v) is 20.5. The molecule has 0 saturated heterocycles. The van der Waals surface area contributed by atoms with Crippen LogP contribution in [0.5, 0.6) is 0 Å². The van der Waals surface area contributed by atoms with Gasteiger partial charge in [0.05, 0.1) is 27.9 Å². The lowest BCUT2D eigenvalue weighted by atomic mass is 10.1. The van der Waals surface area contributed by atoms with Gasteiger partial charge in [-0.05, 0) is 30.0 Å². The zero-order valence-electron chi connectivity index (χ0n) is 18.9. The van der Waals surface area contributed by atoms with Crippen LogP contribution >= 0.6 is 11.8 Å². The molecule has 0 fully saturated rings. The maximum absolute atomic E-state index is 13.2. The van der Waals surface area contributed by atoms with Gasteiger partial charge in [0.25, 0.3) is 0 Å². The molecule has 0 amide bonds. The summed E-state index contributed by atoms with van der Waals surface area (Å²) in [6.07, 6.45) is -0.491. The summed E-state index contributed by atoms with van der Waals surface area (Å²) in [7, 11) is -2.20. The molecule has 0 bridgehead atoms. The fraction of sp³-hybridized carbons (Fsp3) is 0.273. The van der Waals surface area contributed by atoms with E-state index in [1.165, 1.54) is 35.5 Å². The van der Waals surface area contributed by atoms with Crippen molar-refractivity contribution in [2.45, 2.75) is 18.0 Å². The van der Waals surface area contributed by atoms with E-state index in [0.717, 1.165) is 12.3 Å². The van der Waals surface area contributed by atoms with Crippen LogP contribution in [0.15, 0.2) is 46.6 Å². The quantitative estimate of drug-likeness (QED) is 0.150. The first-order valence-corrected chi connectivity index (χ1v) is 13.3. The number of halogens is 3. The van der Waals surface area contributed by atoms with E-state index in [-0.39, 0.29) is 33.3 Å². The SMILES string of the molecule is CCS(=O)(=O)c1cc2ccc(C=NOCSC)cc2nc1-c1nc2cc(C(F)(F)F)cnc2n1C. The second kappa shape index (κ2) is 9.46. The maximum Gasteiger partial charge on any atom is 0.417 e. The summed E-state index contributed by atoms with van der Waals surface area (Å²) in [5, 5.41) is 4.44. The molecule has 0 saturated carbocycles. The molecule has 3 heterocycles. The Hall–Kier alpha value is -3.19. The average molecular weight is 524 g/mol. The molecular formula is C22H20F3N5O3S2. The van der Waals surface area contributed by atoms with Crippen molar-refractivity contribution in [1.29, 1.82) is 0 Å². The first-order valence-electron chi connectivity index (χ1n) is 10.3. The summed E-state index contributed by atoms with van der Waals surface area (Å²) < 4.78 is 66.8. The van der Waals surface area contributed by atoms with Crippen molar-refractivity contribution in [3.05, 3.63) is 47.7 Å². The predicted molar refractivity (Wildman–Crippen MR) is 129 cm³/mol. The van der Waals surface area contributed by atoms with E-state index >= 15 is 0 Å². The first kappa shape index (κ1) is 24.9. The minimum absolute atomic E-state index is 0.0223. The predicted octanol–water partition coefficient (Wildman–Crippen LogP) is 4.67. The molecule has 4 aromatic rings. The Morgan fingerprint density at radius 3 is 2.63 bits per heavy atom. The van der Waals surface area contributed by atoms with E-state index in [1.807, 2.05) is 6.26 Å². The molecule has 0 aliphatic carbocycles. The highest BCUT2D eigenvalue weighted by Gasteiger charge is 2.32. The summed E-state index contributed by atoms with van der Waals surface area (Å²) >= 11 is 1.47. The smallest absolute Gasteiger partial charge is 0.385 e. The maximum atomic E-state index is 13.2. The number of imidazole rings is 1. The Bertz CT molecular complexity index is 1550. The highest BCUT2D eigenvalue weighted by Crippen LogP contribution is 2.34. The fourth-order valence-electron chi connectivity index (χ4n) is 3.42. The third kappa shape index (κ3) is 4.96. The number of oxime groups is 1. The molecule has 35 heavy (non-hydrogen) atoms. The van der Waals surface area contributed by atoms with E-state index in [0.29, 0.717) is 22.4 Å². The van der Waals surface area contributed by atoms with Gasteiger partial charge in [0.1, 0.15) is 11.2 Å². The normalized spacial score (nSPS) is 12.7. The van der Waals surface area contributed by atoms with Crippen LogP contribution in [0.1, 0.15) is 18.1 Å². The summed E-state index contributed by atoms with van der Waals surface area (Å²) in [5.74, 6) is 0.287. The van der Waals surface area contributed by atoms with Gasteiger partial charge in [0.15, 0.2) is 27.2 Å². The molecule has 13 heteroatoms. The number of aromatic nitrogens is 4. The van der Waals surface area contributed by atoms with E-state index in [9.17, 15) is 21.6 Å². The standard InChI is InChI=1S/C22H20F3N5O3S2/c1-4-35(31,32)18-8-14-6-5-13(10-27-33-12-34-3)7-16(14)28-19(18)21-29-17-9-15(22(23,24)25)11-26-20(17)30(21)2/h5-11H,4,12H2,1-3H3. The Balaban J connectivity index is 1.93. The number of pyridine rings is 2. The Morgan fingerprint density at radius 1 is 1.17 bits per heavy atom. The lowest BCUT2D eigenvalue weighted by Crippen LogP contribution is -2.09. The van der Waals surface area contributed by atoms with Crippen LogP contribution in [-0.2, 0) is 27.9 Å². The lowest BCUT2D eigenvalue weighted by Gasteiger charge is -2.11. The third-order valence-electron chi connectivity index (χ3n) is 5.22. The van der Waals surface area contributed by atoms with Crippen molar-refractivity contribution in [2.75, 3.05) is 17.9 Å². The Labute approximate surface area is 203 Å². The van der Waals surface area contributed by atoms with Crippen LogP contribution in [0.4, 0.5) is 13.2 Å². The number of nitrogens with zero attached hydrogens (tertiary/aromatic N) is 5. The number of hydrogen-bond acceptors (Lipinski definition) is 8. The van der Waals surface area contributed by atoms with Gasteiger partial charge in [0, 0.05) is 18.6 Å². The molecule has 3 aromatic heterocycles. The van der Waals surface area contributed by atoms with Crippen LogP contribution in [0.3, 0.4) is 0 Å². The molecule has 0 atom stereocenters. The number of hydrogen-bond donors (Lipinski definition) is 0. The van der Waals surface area contributed by atoms with Crippen molar-refractivity contribution < 1.29 is 26.4 Å². The minimum Gasteiger partial charge on any atom is -0.385 e. The molecule has 4 rings (SSSR count).